The summed E-state index contributed by atoms with van der Waals surface area (Å²) in [7, 11) is -0.749. The Morgan fingerprint density at radius 1 is 0.781 bits per heavy atom. The van der Waals surface area contributed by atoms with E-state index in [9.17, 15) is 26.3 Å². The topological polar surface area (TPSA) is 36.9 Å². The largest absolute Gasteiger partial charge is 0.494 e. The maximum atomic E-state index is 13.4. The Hall–Kier alpha value is -1.92. The maximum Gasteiger partial charge on any atom is 0.494 e. The van der Waals surface area contributed by atoms with E-state index in [1.54, 1.807) is 0 Å². The Morgan fingerprint density at radius 2 is 1.22 bits per heavy atom. The quantitative estimate of drug-likeness (QED) is 0.357. The molecule has 0 N–H and O–H groups in total. The second-order valence-electron chi connectivity index (χ2n) is 7.61. The molecule has 0 bridgehead atoms. The lowest BCUT2D eigenvalue weighted by Gasteiger charge is -2.32. The van der Waals surface area contributed by atoms with Crippen LogP contribution in [-0.2, 0) is 9.31 Å². The van der Waals surface area contributed by atoms with Crippen LogP contribution in [0.15, 0.2) is 40.9 Å². The minimum absolute atomic E-state index is 0.431. The Kier molecular flexibility index (Phi) is 8.52. The molecule has 3 rings (SSSR count). The van der Waals surface area contributed by atoms with Crippen LogP contribution in [0.5, 0.6) is 11.5 Å². The van der Waals surface area contributed by atoms with Crippen molar-refractivity contribution in [1.82, 2.24) is 0 Å². The summed E-state index contributed by atoms with van der Waals surface area (Å²) in [5.74, 6) is -2.64. The van der Waals surface area contributed by atoms with E-state index in [0.717, 1.165) is 18.2 Å². The molecule has 0 aromatic heterocycles. The average molecular weight is 529 g/mol. The third-order valence-electron chi connectivity index (χ3n) is 4.81. The van der Waals surface area contributed by atoms with E-state index in [0.29, 0.717) is 9.94 Å². The lowest BCUT2D eigenvalue weighted by molar-refractivity contribution is -0.0528. The Labute approximate surface area is 190 Å². The zero-order chi connectivity index (χ0) is 24.3. The van der Waals surface area contributed by atoms with Gasteiger partial charge in [0.15, 0.2) is 23.1 Å². The fourth-order valence-electron chi connectivity index (χ4n) is 2.50. The van der Waals surface area contributed by atoms with E-state index in [4.69, 9.17) is 9.31 Å². The molecule has 0 atom stereocenters. The fraction of sp³-hybridized carbons (Fsp3) is 0.400. The van der Waals surface area contributed by atoms with Crippen molar-refractivity contribution in [3.63, 3.8) is 0 Å². The molecule has 12 heteroatoms. The summed E-state index contributed by atoms with van der Waals surface area (Å²) in [6, 6.07) is 7.23. The molecule has 32 heavy (non-hydrogen) atoms. The van der Waals surface area contributed by atoms with Crippen molar-refractivity contribution in [2.75, 3.05) is 0 Å². The SMILES string of the molecule is CC1(C)OB(c2ccc(F)c(OC(F)F)c2)OC1(C)C.Fc1ccc(Br)cc1OC(F)F. The van der Waals surface area contributed by atoms with Gasteiger partial charge in [-0.15, -0.1) is 0 Å². The predicted molar refractivity (Wildman–Crippen MR) is 109 cm³/mol. The van der Waals surface area contributed by atoms with Crippen LogP contribution in [-0.4, -0.2) is 31.5 Å². The van der Waals surface area contributed by atoms with Gasteiger partial charge in [0.05, 0.1) is 11.2 Å². The zero-order valence-corrected chi connectivity index (χ0v) is 19.1. The summed E-state index contributed by atoms with van der Waals surface area (Å²) < 4.78 is 93.7. The Morgan fingerprint density at radius 3 is 1.69 bits per heavy atom. The first-order chi connectivity index (χ1) is 14.7. The highest BCUT2D eigenvalue weighted by Crippen LogP contribution is 2.36. The third-order valence-corrected chi connectivity index (χ3v) is 5.30. The first-order valence-corrected chi connectivity index (χ1v) is 10.0. The predicted octanol–water partition coefficient (Wildman–Crippen LogP) is 5.92. The molecule has 176 valence electrons. The van der Waals surface area contributed by atoms with Crippen molar-refractivity contribution in [2.45, 2.75) is 52.1 Å². The van der Waals surface area contributed by atoms with Gasteiger partial charge in [-0.3, -0.25) is 0 Å². The number of hydrogen-bond acceptors (Lipinski definition) is 4. The highest BCUT2D eigenvalue weighted by atomic mass is 79.9. The molecular formula is C20H20BBrF6O4. The van der Waals surface area contributed by atoms with Gasteiger partial charge in [-0.05, 0) is 63.5 Å². The summed E-state index contributed by atoms with van der Waals surface area (Å²) in [4.78, 5) is 0. The van der Waals surface area contributed by atoms with Gasteiger partial charge < -0.3 is 18.8 Å². The molecule has 1 aliphatic rings. The van der Waals surface area contributed by atoms with Crippen LogP contribution in [0, 0.1) is 11.6 Å². The van der Waals surface area contributed by atoms with Gasteiger partial charge >= 0.3 is 20.3 Å². The molecular weight excluding hydrogens is 509 g/mol. The molecule has 1 heterocycles. The maximum absolute atomic E-state index is 13.4. The summed E-state index contributed by atoms with van der Waals surface area (Å²) >= 11 is 2.99. The highest BCUT2D eigenvalue weighted by Gasteiger charge is 2.51. The van der Waals surface area contributed by atoms with Gasteiger partial charge in [0, 0.05) is 4.47 Å². The lowest BCUT2D eigenvalue weighted by Crippen LogP contribution is -2.41. The molecule has 0 saturated carbocycles. The van der Waals surface area contributed by atoms with E-state index >= 15 is 0 Å². The molecule has 0 amide bonds. The van der Waals surface area contributed by atoms with Crippen LogP contribution in [0.3, 0.4) is 0 Å². The van der Waals surface area contributed by atoms with Crippen LogP contribution in [0.25, 0.3) is 0 Å². The second kappa shape index (κ2) is 10.3. The fourth-order valence-corrected chi connectivity index (χ4v) is 2.84. The van der Waals surface area contributed by atoms with Crippen LogP contribution in [0.1, 0.15) is 27.7 Å². The molecule has 2 aromatic carbocycles. The van der Waals surface area contributed by atoms with Crippen LogP contribution >= 0.6 is 15.9 Å². The molecule has 1 aliphatic heterocycles. The van der Waals surface area contributed by atoms with Gasteiger partial charge in [-0.2, -0.15) is 17.6 Å². The van der Waals surface area contributed by atoms with Crippen molar-refractivity contribution in [3.05, 3.63) is 52.5 Å². The van der Waals surface area contributed by atoms with Gasteiger partial charge in [0.2, 0.25) is 0 Å². The van der Waals surface area contributed by atoms with Gasteiger partial charge in [-0.25, -0.2) is 8.78 Å². The molecule has 0 unspecified atom stereocenters. The van der Waals surface area contributed by atoms with Gasteiger partial charge in [-0.1, -0.05) is 22.0 Å². The van der Waals surface area contributed by atoms with Gasteiger partial charge in [0.1, 0.15) is 0 Å². The van der Waals surface area contributed by atoms with Crippen molar-refractivity contribution in [2.24, 2.45) is 0 Å². The molecule has 1 fully saturated rings. The third kappa shape index (κ3) is 6.79. The highest BCUT2D eigenvalue weighted by molar-refractivity contribution is 9.10. The molecule has 0 spiro atoms. The lowest BCUT2D eigenvalue weighted by atomic mass is 9.79. The minimum atomic E-state index is -3.09. The van der Waals surface area contributed by atoms with E-state index in [2.05, 4.69) is 25.4 Å². The van der Waals surface area contributed by atoms with E-state index < -0.39 is 54.7 Å². The molecule has 4 nitrogen and oxygen atoms in total. The number of rotatable bonds is 5. The van der Waals surface area contributed by atoms with Crippen LogP contribution in [0.4, 0.5) is 26.3 Å². The molecule has 2 aromatic rings. The van der Waals surface area contributed by atoms with Crippen molar-refractivity contribution < 1.29 is 45.1 Å². The minimum Gasteiger partial charge on any atom is -0.432 e. The smallest absolute Gasteiger partial charge is 0.432 e. The van der Waals surface area contributed by atoms with Crippen LogP contribution < -0.4 is 14.9 Å². The summed E-state index contributed by atoms with van der Waals surface area (Å²) in [5.41, 5.74) is -0.688. The van der Waals surface area contributed by atoms with Crippen molar-refractivity contribution in [1.29, 1.82) is 0 Å². The average Bonchev–Trinajstić information content (AvgIpc) is 2.87. The number of ether oxygens (including phenoxy) is 2. The first kappa shape index (κ1) is 26.3. The summed E-state index contributed by atoms with van der Waals surface area (Å²) in [6.45, 7) is 1.38. The normalized spacial score (nSPS) is 16.7. The number of halogens is 7. The molecule has 0 aliphatic carbocycles. The number of hydrogen-bond donors (Lipinski definition) is 0. The second-order valence-corrected chi connectivity index (χ2v) is 8.53. The van der Waals surface area contributed by atoms with Crippen molar-refractivity contribution in [3.8, 4) is 11.5 Å². The Bertz CT molecular complexity index is 913. The number of benzene rings is 2. The van der Waals surface area contributed by atoms with E-state index in [1.807, 2.05) is 27.7 Å². The van der Waals surface area contributed by atoms with Crippen LogP contribution in [0.2, 0.25) is 0 Å². The summed E-state index contributed by atoms with van der Waals surface area (Å²) in [5, 5.41) is 0. The van der Waals surface area contributed by atoms with E-state index in [-0.39, 0.29) is 0 Å². The standard InChI is InChI=1S/C13H16BF3O3.C7H4BrF3O/c1-12(2)13(3,4)20-14(19-12)8-5-6-9(15)10(7-8)18-11(16)17;8-4-1-2-5(9)6(3-4)12-7(10)11/h5-7,11H,1-4H3;1-3,7H. The monoisotopic (exact) mass is 528 g/mol. The zero-order valence-electron chi connectivity index (χ0n) is 17.5. The Balaban J connectivity index is 0.000000258. The van der Waals surface area contributed by atoms with Crippen molar-refractivity contribution >= 4 is 28.5 Å². The van der Waals surface area contributed by atoms with Gasteiger partial charge in [0.25, 0.3) is 0 Å². The summed E-state index contributed by atoms with van der Waals surface area (Å²) in [6.07, 6.45) is 0. The molecule has 1 saturated heterocycles. The molecule has 0 radical (unpaired) electrons. The van der Waals surface area contributed by atoms with E-state index in [1.165, 1.54) is 18.2 Å². The number of alkyl halides is 4. The first-order valence-electron chi connectivity index (χ1n) is 9.21.